The molecule has 2 N–H and O–H groups in total. The van der Waals surface area contributed by atoms with E-state index in [1.165, 1.54) is 19.1 Å². The van der Waals surface area contributed by atoms with Crippen molar-refractivity contribution in [3.8, 4) is 0 Å². The lowest BCUT2D eigenvalue weighted by Gasteiger charge is -2.07. The van der Waals surface area contributed by atoms with Crippen molar-refractivity contribution in [2.75, 3.05) is 6.54 Å². The summed E-state index contributed by atoms with van der Waals surface area (Å²) in [6, 6.07) is 6.11. The average Bonchev–Trinajstić information content (AvgIpc) is 2.76. The van der Waals surface area contributed by atoms with E-state index >= 15 is 0 Å². The molecule has 0 saturated carbocycles. The van der Waals surface area contributed by atoms with Crippen LogP contribution < -0.4 is 10.8 Å². The van der Waals surface area contributed by atoms with E-state index in [-0.39, 0.29) is 17.8 Å². The predicted octanol–water partition coefficient (Wildman–Crippen LogP) is 1.21. The lowest BCUT2D eigenvalue weighted by Crippen LogP contribution is -2.30. The Bertz CT molecular complexity index is 442. The molecule has 1 aliphatic rings. The highest BCUT2D eigenvalue weighted by Crippen LogP contribution is 2.18. The summed E-state index contributed by atoms with van der Waals surface area (Å²) in [7, 11) is 0. The van der Waals surface area contributed by atoms with Crippen LogP contribution in [0, 0.1) is 5.82 Å². The van der Waals surface area contributed by atoms with Gasteiger partial charge in [0.05, 0.1) is 12.2 Å². The number of hydroxylamine groups is 1. The molecule has 0 aromatic heterocycles. The van der Waals surface area contributed by atoms with Gasteiger partial charge in [-0.15, -0.1) is 0 Å². The van der Waals surface area contributed by atoms with Gasteiger partial charge < -0.3 is 5.32 Å². The van der Waals surface area contributed by atoms with Gasteiger partial charge in [-0.2, -0.15) is 0 Å². The van der Waals surface area contributed by atoms with Crippen LogP contribution >= 0.6 is 0 Å². The minimum Gasteiger partial charge on any atom is -0.353 e. The molecule has 1 unspecified atom stereocenters. The standard InChI is InChI=1S/C12H13FN2O2/c1-8(16)14-7-11-6-12(15-17-11)9-2-4-10(13)5-3-9/h2-6,11,15H,7H2,1H3,(H,14,16). The second-order valence-corrected chi connectivity index (χ2v) is 3.78. The van der Waals surface area contributed by atoms with Crippen molar-refractivity contribution in [2.45, 2.75) is 13.0 Å². The zero-order valence-corrected chi connectivity index (χ0v) is 9.37. The van der Waals surface area contributed by atoms with Crippen LogP contribution in [-0.2, 0) is 9.63 Å². The Balaban J connectivity index is 2.01. The SMILES string of the molecule is CC(=O)NCC1C=C(c2ccc(F)cc2)NO1. The van der Waals surface area contributed by atoms with Crippen LogP contribution in [0.2, 0.25) is 0 Å². The molecule has 1 amide bonds. The fraction of sp³-hybridized carbons (Fsp3) is 0.250. The Morgan fingerprint density at radius 3 is 2.82 bits per heavy atom. The number of rotatable bonds is 3. The first-order valence-electron chi connectivity index (χ1n) is 5.29. The molecule has 1 aromatic carbocycles. The zero-order valence-electron chi connectivity index (χ0n) is 9.37. The van der Waals surface area contributed by atoms with E-state index in [0.29, 0.717) is 6.54 Å². The minimum absolute atomic E-state index is 0.0998. The van der Waals surface area contributed by atoms with Gasteiger partial charge in [0.15, 0.2) is 0 Å². The zero-order chi connectivity index (χ0) is 12.3. The maximum Gasteiger partial charge on any atom is 0.216 e. The van der Waals surface area contributed by atoms with E-state index in [9.17, 15) is 9.18 Å². The fourth-order valence-electron chi connectivity index (χ4n) is 1.52. The smallest absolute Gasteiger partial charge is 0.216 e. The van der Waals surface area contributed by atoms with Crippen molar-refractivity contribution in [1.82, 2.24) is 10.8 Å². The summed E-state index contributed by atoms with van der Waals surface area (Å²) in [4.78, 5) is 16.0. The Kier molecular flexibility index (Phi) is 3.39. The van der Waals surface area contributed by atoms with Gasteiger partial charge in [-0.3, -0.25) is 15.1 Å². The van der Waals surface area contributed by atoms with Crippen LogP contribution in [-0.4, -0.2) is 18.6 Å². The van der Waals surface area contributed by atoms with Gasteiger partial charge in [0.1, 0.15) is 11.9 Å². The molecule has 90 valence electrons. The van der Waals surface area contributed by atoms with Crippen LogP contribution in [0.5, 0.6) is 0 Å². The molecule has 0 aliphatic carbocycles. The number of halogens is 1. The average molecular weight is 236 g/mol. The largest absolute Gasteiger partial charge is 0.353 e. The normalized spacial score (nSPS) is 18.5. The molecule has 1 atom stereocenters. The first kappa shape index (κ1) is 11.6. The number of benzene rings is 1. The molecule has 1 heterocycles. The minimum atomic E-state index is -0.275. The molecule has 0 fully saturated rings. The summed E-state index contributed by atoms with van der Waals surface area (Å²) in [5.41, 5.74) is 4.38. The summed E-state index contributed by atoms with van der Waals surface area (Å²) in [5.74, 6) is -0.375. The van der Waals surface area contributed by atoms with E-state index in [1.807, 2.05) is 6.08 Å². The molecule has 0 radical (unpaired) electrons. The highest BCUT2D eigenvalue weighted by Gasteiger charge is 2.17. The highest BCUT2D eigenvalue weighted by molar-refractivity contribution is 5.73. The van der Waals surface area contributed by atoms with Gasteiger partial charge in [0.25, 0.3) is 0 Å². The van der Waals surface area contributed by atoms with Crippen molar-refractivity contribution in [3.63, 3.8) is 0 Å². The van der Waals surface area contributed by atoms with Gasteiger partial charge in [0.2, 0.25) is 5.91 Å². The summed E-state index contributed by atoms with van der Waals surface area (Å²) >= 11 is 0. The molecule has 17 heavy (non-hydrogen) atoms. The van der Waals surface area contributed by atoms with E-state index in [1.54, 1.807) is 12.1 Å². The van der Waals surface area contributed by atoms with Crippen LogP contribution in [0.25, 0.3) is 5.70 Å². The van der Waals surface area contributed by atoms with Gasteiger partial charge in [-0.1, -0.05) is 0 Å². The Hall–Kier alpha value is -1.88. The molecule has 1 aromatic rings. The van der Waals surface area contributed by atoms with Crippen molar-refractivity contribution >= 4 is 11.6 Å². The van der Waals surface area contributed by atoms with E-state index in [2.05, 4.69) is 10.8 Å². The van der Waals surface area contributed by atoms with E-state index in [0.717, 1.165) is 11.3 Å². The maximum absolute atomic E-state index is 12.7. The van der Waals surface area contributed by atoms with Crippen molar-refractivity contribution in [3.05, 3.63) is 41.7 Å². The maximum atomic E-state index is 12.7. The lowest BCUT2D eigenvalue weighted by atomic mass is 10.1. The fourth-order valence-corrected chi connectivity index (χ4v) is 1.52. The van der Waals surface area contributed by atoms with E-state index < -0.39 is 0 Å². The number of nitrogens with one attached hydrogen (secondary N) is 2. The third-order valence-electron chi connectivity index (χ3n) is 2.38. The molecular weight excluding hydrogens is 223 g/mol. The Morgan fingerprint density at radius 1 is 1.47 bits per heavy atom. The summed E-state index contributed by atoms with van der Waals surface area (Å²) in [6.45, 7) is 1.86. The van der Waals surface area contributed by atoms with Crippen LogP contribution in [0.15, 0.2) is 30.3 Å². The van der Waals surface area contributed by atoms with Crippen LogP contribution in [0.1, 0.15) is 12.5 Å². The van der Waals surface area contributed by atoms with Crippen molar-refractivity contribution < 1.29 is 14.0 Å². The molecule has 0 saturated heterocycles. The van der Waals surface area contributed by atoms with E-state index in [4.69, 9.17) is 4.84 Å². The molecule has 2 rings (SSSR count). The second kappa shape index (κ2) is 4.97. The van der Waals surface area contributed by atoms with Gasteiger partial charge in [0, 0.05) is 6.92 Å². The first-order valence-corrected chi connectivity index (χ1v) is 5.29. The number of amides is 1. The molecule has 4 nitrogen and oxygen atoms in total. The van der Waals surface area contributed by atoms with Gasteiger partial charge >= 0.3 is 0 Å². The predicted molar refractivity (Wildman–Crippen MR) is 61.1 cm³/mol. The Morgan fingerprint density at radius 2 is 2.18 bits per heavy atom. The quantitative estimate of drug-likeness (QED) is 0.829. The topological polar surface area (TPSA) is 50.4 Å². The number of carbonyl (C=O) groups excluding carboxylic acids is 1. The first-order chi connectivity index (χ1) is 8.15. The molecule has 0 spiro atoms. The molecule has 1 aliphatic heterocycles. The summed E-state index contributed by atoms with van der Waals surface area (Å²) < 4.78 is 12.7. The summed E-state index contributed by atoms with van der Waals surface area (Å²) in [5, 5.41) is 2.66. The second-order valence-electron chi connectivity index (χ2n) is 3.78. The van der Waals surface area contributed by atoms with Crippen LogP contribution in [0.3, 0.4) is 0 Å². The summed E-state index contributed by atoms with van der Waals surface area (Å²) in [6.07, 6.45) is 1.64. The van der Waals surface area contributed by atoms with Crippen molar-refractivity contribution in [2.24, 2.45) is 0 Å². The number of carbonyl (C=O) groups is 1. The third kappa shape index (κ3) is 3.04. The lowest BCUT2D eigenvalue weighted by molar-refractivity contribution is -0.119. The number of hydrogen-bond acceptors (Lipinski definition) is 3. The Labute approximate surface area is 98.4 Å². The molecule has 0 bridgehead atoms. The molecular formula is C12H13FN2O2. The third-order valence-corrected chi connectivity index (χ3v) is 2.38. The number of hydrogen-bond donors (Lipinski definition) is 2. The monoisotopic (exact) mass is 236 g/mol. The molecule has 5 heteroatoms. The van der Waals surface area contributed by atoms with Gasteiger partial charge in [-0.05, 0) is 35.9 Å². The van der Waals surface area contributed by atoms with Crippen molar-refractivity contribution in [1.29, 1.82) is 0 Å². The highest BCUT2D eigenvalue weighted by atomic mass is 19.1. The van der Waals surface area contributed by atoms with Gasteiger partial charge in [-0.25, -0.2) is 4.39 Å². The van der Waals surface area contributed by atoms with Crippen LogP contribution in [0.4, 0.5) is 4.39 Å².